The van der Waals surface area contributed by atoms with Gasteiger partial charge in [-0.15, -0.1) is 0 Å². The van der Waals surface area contributed by atoms with Crippen molar-refractivity contribution in [1.82, 2.24) is 5.32 Å². The number of aliphatic hydroxyl groups excluding tert-OH is 1. The van der Waals surface area contributed by atoms with Crippen molar-refractivity contribution in [3.63, 3.8) is 0 Å². The minimum atomic E-state index is -0.0713. The molecule has 1 amide bonds. The number of hydrogen-bond donors (Lipinski definition) is 3. The van der Waals surface area contributed by atoms with Crippen molar-refractivity contribution in [1.29, 1.82) is 0 Å². The number of phenols is 1. The molecule has 1 aromatic rings. The average Bonchev–Trinajstić information content (AvgIpc) is 3.12. The van der Waals surface area contributed by atoms with E-state index in [9.17, 15) is 9.90 Å². The van der Waals surface area contributed by atoms with E-state index in [1.165, 1.54) is 0 Å². The van der Waals surface area contributed by atoms with Crippen LogP contribution in [-0.2, 0) is 11.2 Å². The minimum Gasteiger partial charge on any atom is -0.508 e. The highest BCUT2D eigenvalue weighted by Crippen LogP contribution is 2.44. The molecule has 0 bridgehead atoms. The zero-order valence-electron chi connectivity index (χ0n) is 10.6. The summed E-state index contributed by atoms with van der Waals surface area (Å²) in [5.41, 5.74) is 1.53. The number of aromatic hydroxyl groups is 1. The zero-order valence-corrected chi connectivity index (χ0v) is 10.6. The molecule has 1 aliphatic carbocycles. The highest BCUT2D eigenvalue weighted by atomic mass is 16.3. The lowest BCUT2D eigenvalue weighted by Crippen LogP contribution is -2.32. The van der Waals surface area contributed by atoms with Crippen LogP contribution in [0.1, 0.15) is 24.0 Å². The average molecular weight is 249 g/mol. The lowest BCUT2D eigenvalue weighted by Gasteiger charge is -2.12. The predicted octanol–water partition coefficient (Wildman–Crippen LogP) is 1.13. The molecule has 0 radical (unpaired) electrons. The first-order valence-corrected chi connectivity index (χ1v) is 6.21. The van der Waals surface area contributed by atoms with E-state index in [0.717, 1.165) is 24.0 Å². The third kappa shape index (κ3) is 3.01. The van der Waals surface area contributed by atoms with Crippen LogP contribution in [0.5, 0.6) is 5.75 Å². The molecular formula is C14H19NO3. The Morgan fingerprint density at radius 3 is 2.72 bits per heavy atom. The highest BCUT2D eigenvalue weighted by Gasteiger charge is 2.41. The van der Waals surface area contributed by atoms with Gasteiger partial charge in [-0.2, -0.15) is 0 Å². The van der Waals surface area contributed by atoms with Crippen LogP contribution >= 0.6 is 0 Å². The molecule has 18 heavy (non-hydrogen) atoms. The van der Waals surface area contributed by atoms with Crippen molar-refractivity contribution in [2.24, 2.45) is 5.41 Å². The fraction of sp³-hybridized carbons (Fsp3) is 0.500. The second kappa shape index (κ2) is 4.98. The summed E-state index contributed by atoms with van der Waals surface area (Å²) >= 11 is 0. The Morgan fingerprint density at radius 2 is 2.17 bits per heavy atom. The van der Waals surface area contributed by atoms with E-state index in [2.05, 4.69) is 5.32 Å². The number of benzene rings is 1. The largest absolute Gasteiger partial charge is 0.508 e. The van der Waals surface area contributed by atoms with Crippen molar-refractivity contribution in [3.8, 4) is 5.75 Å². The molecule has 1 fully saturated rings. The van der Waals surface area contributed by atoms with Crippen molar-refractivity contribution in [2.45, 2.75) is 26.2 Å². The summed E-state index contributed by atoms with van der Waals surface area (Å²) in [6, 6.07) is 5.26. The van der Waals surface area contributed by atoms with Crippen LogP contribution in [0.2, 0.25) is 0 Å². The van der Waals surface area contributed by atoms with E-state index >= 15 is 0 Å². The summed E-state index contributed by atoms with van der Waals surface area (Å²) in [5.74, 6) is 0.146. The lowest BCUT2D eigenvalue weighted by atomic mass is 10.1. The molecule has 98 valence electrons. The maximum atomic E-state index is 11.7. The number of aryl methyl sites for hydroxylation is 1. The Bertz CT molecular complexity index is 452. The Kier molecular flexibility index (Phi) is 3.57. The maximum Gasteiger partial charge on any atom is 0.224 e. The molecule has 3 N–H and O–H groups in total. The monoisotopic (exact) mass is 249 g/mol. The number of phenolic OH excluding ortho intramolecular Hbond substituents is 1. The van der Waals surface area contributed by atoms with Gasteiger partial charge >= 0.3 is 0 Å². The predicted molar refractivity (Wildman–Crippen MR) is 68.3 cm³/mol. The van der Waals surface area contributed by atoms with Gasteiger partial charge in [-0.05, 0) is 37.0 Å². The number of nitrogens with one attached hydrogen (secondary N) is 1. The van der Waals surface area contributed by atoms with Crippen molar-refractivity contribution >= 4 is 5.91 Å². The molecule has 1 aromatic carbocycles. The fourth-order valence-corrected chi connectivity index (χ4v) is 1.87. The van der Waals surface area contributed by atoms with Crippen LogP contribution in [0.4, 0.5) is 0 Å². The van der Waals surface area contributed by atoms with Crippen LogP contribution in [-0.4, -0.2) is 29.3 Å². The van der Waals surface area contributed by atoms with Crippen molar-refractivity contribution < 1.29 is 15.0 Å². The second-order valence-electron chi connectivity index (χ2n) is 5.23. The maximum absolute atomic E-state index is 11.7. The SMILES string of the molecule is Cc1ccc(CC(=O)NCC2(CO)CC2)cc1O. The molecule has 1 aliphatic rings. The summed E-state index contributed by atoms with van der Waals surface area (Å²) in [5, 5.41) is 21.5. The summed E-state index contributed by atoms with van der Waals surface area (Å²) in [4.78, 5) is 11.7. The van der Waals surface area contributed by atoms with Crippen LogP contribution in [0, 0.1) is 12.3 Å². The Hall–Kier alpha value is -1.55. The second-order valence-corrected chi connectivity index (χ2v) is 5.23. The molecule has 0 atom stereocenters. The van der Waals surface area contributed by atoms with Gasteiger partial charge in [0.15, 0.2) is 0 Å². The molecule has 0 spiro atoms. The smallest absolute Gasteiger partial charge is 0.224 e. The van der Waals surface area contributed by atoms with Gasteiger partial charge in [-0.3, -0.25) is 4.79 Å². The van der Waals surface area contributed by atoms with Gasteiger partial charge in [0.1, 0.15) is 5.75 Å². The van der Waals surface area contributed by atoms with Gasteiger partial charge in [0, 0.05) is 12.0 Å². The first-order valence-electron chi connectivity index (χ1n) is 6.21. The van der Waals surface area contributed by atoms with Crippen molar-refractivity contribution in [2.75, 3.05) is 13.2 Å². The van der Waals surface area contributed by atoms with Crippen LogP contribution in [0.25, 0.3) is 0 Å². The van der Waals surface area contributed by atoms with E-state index in [0.29, 0.717) is 6.54 Å². The van der Waals surface area contributed by atoms with E-state index in [1.807, 2.05) is 13.0 Å². The van der Waals surface area contributed by atoms with Gasteiger partial charge in [-0.1, -0.05) is 12.1 Å². The third-order valence-electron chi connectivity index (χ3n) is 3.59. The van der Waals surface area contributed by atoms with Crippen molar-refractivity contribution in [3.05, 3.63) is 29.3 Å². The Balaban J connectivity index is 1.85. The van der Waals surface area contributed by atoms with E-state index in [1.54, 1.807) is 12.1 Å². The topological polar surface area (TPSA) is 69.6 Å². The Morgan fingerprint density at radius 1 is 1.44 bits per heavy atom. The molecular weight excluding hydrogens is 230 g/mol. The molecule has 2 rings (SSSR count). The normalized spacial score (nSPS) is 16.3. The summed E-state index contributed by atoms with van der Waals surface area (Å²) < 4.78 is 0. The van der Waals surface area contributed by atoms with Crippen LogP contribution < -0.4 is 5.32 Å². The van der Waals surface area contributed by atoms with E-state index in [-0.39, 0.29) is 30.1 Å². The lowest BCUT2D eigenvalue weighted by molar-refractivity contribution is -0.120. The molecule has 0 unspecified atom stereocenters. The number of hydrogen-bond acceptors (Lipinski definition) is 3. The van der Waals surface area contributed by atoms with Gasteiger partial charge in [0.25, 0.3) is 0 Å². The van der Waals surface area contributed by atoms with Gasteiger partial charge in [0.05, 0.1) is 13.0 Å². The number of carbonyl (C=O) groups is 1. The zero-order chi connectivity index (χ0) is 13.2. The molecule has 1 saturated carbocycles. The van der Waals surface area contributed by atoms with Crippen LogP contribution in [0.3, 0.4) is 0 Å². The van der Waals surface area contributed by atoms with Gasteiger partial charge < -0.3 is 15.5 Å². The van der Waals surface area contributed by atoms with E-state index < -0.39 is 0 Å². The fourth-order valence-electron chi connectivity index (χ4n) is 1.87. The number of amides is 1. The summed E-state index contributed by atoms with van der Waals surface area (Å²) in [6.07, 6.45) is 2.22. The summed E-state index contributed by atoms with van der Waals surface area (Å²) in [7, 11) is 0. The number of aliphatic hydroxyl groups is 1. The highest BCUT2D eigenvalue weighted by molar-refractivity contribution is 5.78. The molecule has 0 aliphatic heterocycles. The first kappa shape index (κ1) is 12.9. The molecule has 0 saturated heterocycles. The number of rotatable bonds is 5. The molecule has 4 heteroatoms. The van der Waals surface area contributed by atoms with Gasteiger partial charge in [0.2, 0.25) is 5.91 Å². The molecule has 0 heterocycles. The van der Waals surface area contributed by atoms with Crippen LogP contribution in [0.15, 0.2) is 18.2 Å². The van der Waals surface area contributed by atoms with Gasteiger partial charge in [-0.25, -0.2) is 0 Å². The minimum absolute atomic E-state index is 0.0644. The summed E-state index contributed by atoms with van der Waals surface area (Å²) in [6.45, 7) is 2.50. The Labute approximate surface area is 107 Å². The number of carbonyl (C=O) groups excluding carboxylic acids is 1. The van der Waals surface area contributed by atoms with E-state index in [4.69, 9.17) is 5.11 Å². The molecule has 0 aromatic heterocycles. The first-order chi connectivity index (χ1) is 8.54. The third-order valence-corrected chi connectivity index (χ3v) is 3.59. The quantitative estimate of drug-likeness (QED) is 0.732. The molecule has 4 nitrogen and oxygen atoms in total. The standard InChI is InChI=1S/C14H19NO3/c1-10-2-3-11(6-12(10)17)7-13(18)15-8-14(9-16)4-5-14/h2-3,6,16-17H,4-5,7-9H2,1H3,(H,15,18).